The van der Waals surface area contributed by atoms with Gasteiger partial charge in [-0.25, -0.2) is 4.79 Å². The van der Waals surface area contributed by atoms with Crippen molar-refractivity contribution in [2.75, 3.05) is 13.1 Å². The molecule has 204 valence electrons. The fraction of sp³-hybridized carbons (Fsp3) is 0.455. The Balaban J connectivity index is 3.08. The van der Waals surface area contributed by atoms with Gasteiger partial charge in [0.05, 0.1) is 6.54 Å². The molecule has 0 fully saturated rings. The van der Waals surface area contributed by atoms with Crippen molar-refractivity contribution in [3.05, 3.63) is 29.8 Å². The fourth-order valence-electron chi connectivity index (χ4n) is 3.17. The smallest absolute Gasteiger partial charge is 0.326 e. The summed E-state index contributed by atoms with van der Waals surface area (Å²) in [4.78, 5) is 64.1. The Hall–Kier alpha value is -4.40. The highest BCUT2D eigenvalue weighted by atomic mass is 16.4. The maximum Gasteiger partial charge on any atom is 0.326 e. The van der Waals surface area contributed by atoms with Crippen molar-refractivity contribution in [1.82, 2.24) is 16.0 Å². The van der Waals surface area contributed by atoms with E-state index in [1.807, 2.05) is 0 Å². The standard InChI is InChI=1S/C22H33N7O8/c23-11-17(31)27-16(10-12-3-5-13(30)6-4-12)20(35)28-14(2-1-9-26-22(24)25)19(34)29-15(21(36)37)7-8-18(32)33/h3-6,14-16,30H,1-2,7-11,23H2,(H,27,31)(H,28,35)(H,29,34)(H,32,33)(H,36,37)(H4,24,25,26). The van der Waals surface area contributed by atoms with E-state index in [9.17, 15) is 34.2 Å². The number of carbonyl (C=O) groups excluding carboxylic acids is 3. The second-order valence-corrected chi connectivity index (χ2v) is 8.04. The zero-order valence-electron chi connectivity index (χ0n) is 20.1. The second kappa shape index (κ2) is 15.6. The molecule has 3 unspecified atom stereocenters. The summed E-state index contributed by atoms with van der Waals surface area (Å²) in [5.74, 6) is -5.12. The predicted molar refractivity (Wildman–Crippen MR) is 131 cm³/mol. The van der Waals surface area contributed by atoms with Gasteiger partial charge in [0.1, 0.15) is 23.9 Å². The van der Waals surface area contributed by atoms with Crippen LogP contribution >= 0.6 is 0 Å². The first-order chi connectivity index (χ1) is 17.4. The minimum atomic E-state index is -1.51. The van der Waals surface area contributed by atoms with Gasteiger partial charge >= 0.3 is 11.9 Å². The molecule has 3 atom stereocenters. The maximum atomic E-state index is 13.1. The first-order valence-corrected chi connectivity index (χ1v) is 11.3. The van der Waals surface area contributed by atoms with Crippen LogP contribution in [0.25, 0.3) is 0 Å². The SMILES string of the molecule is NCC(=O)NC(Cc1ccc(O)cc1)C(=O)NC(CCCN=C(N)N)C(=O)NC(CCC(=O)O)C(=O)O. The van der Waals surface area contributed by atoms with Crippen LogP contribution in [-0.4, -0.2) is 82.2 Å². The van der Waals surface area contributed by atoms with Gasteiger partial charge < -0.3 is 48.5 Å². The summed E-state index contributed by atoms with van der Waals surface area (Å²) in [5.41, 5.74) is 16.5. The van der Waals surface area contributed by atoms with Crippen LogP contribution < -0.4 is 33.2 Å². The van der Waals surface area contributed by atoms with Gasteiger partial charge in [0, 0.05) is 19.4 Å². The Morgan fingerprint density at radius 1 is 0.865 bits per heavy atom. The zero-order valence-corrected chi connectivity index (χ0v) is 20.1. The summed E-state index contributed by atoms with van der Waals surface area (Å²) < 4.78 is 0. The lowest BCUT2D eigenvalue weighted by molar-refractivity contribution is -0.143. The van der Waals surface area contributed by atoms with Crippen molar-refractivity contribution < 1.29 is 39.3 Å². The van der Waals surface area contributed by atoms with Crippen LogP contribution in [0.2, 0.25) is 0 Å². The number of phenols is 1. The van der Waals surface area contributed by atoms with Gasteiger partial charge in [-0.05, 0) is 37.0 Å². The molecular weight excluding hydrogens is 490 g/mol. The van der Waals surface area contributed by atoms with Gasteiger partial charge in [-0.1, -0.05) is 12.1 Å². The van der Waals surface area contributed by atoms with Gasteiger partial charge in [-0.15, -0.1) is 0 Å². The van der Waals surface area contributed by atoms with Crippen LogP contribution in [-0.2, 0) is 30.4 Å². The summed E-state index contributed by atoms with van der Waals surface area (Å²) in [6, 6.07) is 1.97. The highest BCUT2D eigenvalue weighted by Gasteiger charge is 2.29. The van der Waals surface area contributed by atoms with Crippen LogP contribution in [0.15, 0.2) is 29.3 Å². The molecule has 0 aliphatic heterocycles. The number of nitrogens with one attached hydrogen (secondary N) is 3. The van der Waals surface area contributed by atoms with E-state index in [-0.39, 0.29) is 43.9 Å². The number of nitrogens with zero attached hydrogens (tertiary/aromatic N) is 1. The number of amides is 3. The molecule has 1 aromatic rings. The van der Waals surface area contributed by atoms with Crippen LogP contribution in [0.3, 0.4) is 0 Å². The number of hydrogen-bond acceptors (Lipinski definition) is 8. The number of benzene rings is 1. The lowest BCUT2D eigenvalue weighted by atomic mass is 10.0. The van der Waals surface area contributed by atoms with Gasteiger partial charge in [0.15, 0.2) is 5.96 Å². The lowest BCUT2D eigenvalue weighted by Crippen LogP contribution is -2.56. The third-order valence-electron chi connectivity index (χ3n) is 5.05. The molecule has 0 radical (unpaired) electrons. The molecule has 1 aromatic carbocycles. The third-order valence-corrected chi connectivity index (χ3v) is 5.05. The van der Waals surface area contributed by atoms with Crippen molar-refractivity contribution in [3.63, 3.8) is 0 Å². The summed E-state index contributed by atoms with van der Waals surface area (Å²) >= 11 is 0. The Kier molecular flexibility index (Phi) is 12.9. The molecule has 0 saturated carbocycles. The highest BCUT2D eigenvalue weighted by Crippen LogP contribution is 2.12. The van der Waals surface area contributed by atoms with Crippen LogP contribution in [0, 0.1) is 0 Å². The minimum absolute atomic E-state index is 0.00342. The van der Waals surface area contributed by atoms with Gasteiger partial charge in [-0.3, -0.25) is 24.2 Å². The normalized spacial score (nSPS) is 12.9. The van der Waals surface area contributed by atoms with E-state index in [0.717, 1.165) is 0 Å². The van der Waals surface area contributed by atoms with E-state index in [1.54, 1.807) is 12.1 Å². The molecule has 15 nitrogen and oxygen atoms in total. The summed E-state index contributed by atoms with van der Waals surface area (Å²) in [6.07, 6.45) is -0.659. The molecule has 0 aliphatic rings. The molecule has 15 heteroatoms. The minimum Gasteiger partial charge on any atom is -0.508 e. The van der Waals surface area contributed by atoms with E-state index in [2.05, 4.69) is 20.9 Å². The van der Waals surface area contributed by atoms with Crippen molar-refractivity contribution >= 4 is 35.6 Å². The predicted octanol–water partition coefficient (Wildman–Crippen LogP) is -2.65. The number of hydrogen-bond donors (Lipinski definition) is 9. The molecule has 0 aliphatic carbocycles. The molecule has 37 heavy (non-hydrogen) atoms. The number of carbonyl (C=O) groups is 5. The molecule has 1 rings (SSSR count). The number of carboxylic acid groups (broad SMARTS) is 2. The second-order valence-electron chi connectivity index (χ2n) is 8.04. The molecule has 0 spiro atoms. The van der Waals surface area contributed by atoms with E-state index in [0.29, 0.717) is 5.56 Å². The van der Waals surface area contributed by atoms with E-state index >= 15 is 0 Å². The number of guanidine groups is 1. The summed E-state index contributed by atoms with van der Waals surface area (Å²) in [5, 5.41) is 34.9. The molecule has 0 bridgehead atoms. The Morgan fingerprint density at radius 3 is 2.00 bits per heavy atom. The van der Waals surface area contributed by atoms with Gasteiger partial charge in [0.2, 0.25) is 17.7 Å². The van der Waals surface area contributed by atoms with Gasteiger partial charge in [0.25, 0.3) is 0 Å². The van der Waals surface area contributed by atoms with Crippen molar-refractivity contribution in [3.8, 4) is 5.75 Å². The summed E-state index contributed by atoms with van der Waals surface area (Å²) in [7, 11) is 0. The number of aliphatic imine (C=N–C) groups is 1. The number of aliphatic carboxylic acids is 2. The maximum absolute atomic E-state index is 13.1. The largest absolute Gasteiger partial charge is 0.508 e. The lowest BCUT2D eigenvalue weighted by Gasteiger charge is -2.24. The summed E-state index contributed by atoms with van der Waals surface area (Å²) in [6.45, 7) is -0.282. The highest BCUT2D eigenvalue weighted by molar-refractivity contribution is 5.93. The quantitative estimate of drug-likeness (QED) is 0.0613. The molecule has 3 amide bonds. The van der Waals surface area contributed by atoms with E-state index in [4.69, 9.17) is 22.3 Å². The molecule has 0 heterocycles. The van der Waals surface area contributed by atoms with E-state index in [1.165, 1.54) is 12.1 Å². The van der Waals surface area contributed by atoms with Crippen molar-refractivity contribution in [2.45, 2.75) is 50.2 Å². The number of aromatic hydroxyl groups is 1. The zero-order chi connectivity index (χ0) is 28.0. The number of rotatable bonds is 16. The Morgan fingerprint density at radius 2 is 1.46 bits per heavy atom. The topological polar surface area (TPSA) is 273 Å². The average molecular weight is 524 g/mol. The monoisotopic (exact) mass is 523 g/mol. The molecular formula is C22H33N7O8. The first kappa shape index (κ1) is 30.6. The molecule has 12 N–H and O–H groups in total. The first-order valence-electron chi connectivity index (χ1n) is 11.3. The van der Waals surface area contributed by atoms with Crippen LogP contribution in [0.1, 0.15) is 31.2 Å². The van der Waals surface area contributed by atoms with E-state index < -0.39 is 60.8 Å². The average Bonchev–Trinajstić information content (AvgIpc) is 2.83. The third kappa shape index (κ3) is 12.2. The van der Waals surface area contributed by atoms with Crippen LogP contribution in [0.5, 0.6) is 5.75 Å². The molecule has 0 saturated heterocycles. The fourth-order valence-corrected chi connectivity index (χ4v) is 3.17. The number of phenolic OH excluding ortho intramolecular Hbond substituents is 1. The molecule has 0 aromatic heterocycles. The van der Waals surface area contributed by atoms with Crippen LogP contribution in [0.4, 0.5) is 0 Å². The Labute approximate surface area is 212 Å². The number of carboxylic acids is 2. The van der Waals surface area contributed by atoms with Gasteiger partial charge in [-0.2, -0.15) is 0 Å². The Bertz CT molecular complexity index is 980. The van der Waals surface area contributed by atoms with Crippen molar-refractivity contribution in [1.29, 1.82) is 0 Å². The van der Waals surface area contributed by atoms with Crippen molar-refractivity contribution in [2.24, 2.45) is 22.2 Å². The number of nitrogens with two attached hydrogens (primary N) is 3.